The standard InChI is InChI=1S/C50H32N2O/c1-2-12-33(13-3-1)34-22-26-38(27-23-34)51(47-32-36-14-4-5-15-41(36)50-49(47)44-18-8-11-21-48(44)53-50)39-28-24-35-25-29-40(31-37(35)30-39)52-45-19-9-6-16-42(45)43-17-7-10-20-46(43)52/h1-32H/i1D,2D,3D,12D,13D. The van der Waals surface area contributed by atoms with Gasteiger partial charge in [-0.1, -0.05) is 133 Å². The highest BCUT2D eigenvalue weighted by Gasteiger charge is 2.22. The van der Waals surface area contributed by atoms with Crippen molar-refractivity contribution in [3.05, 3.63) is 194 Å². The Kier molecular flexibility index (Phi) is 5.52. The summed E-state index contributed by atoms with van der Waals surface area (Å²) < 4.78 is 51.0. The first-order chi connectivity index (χ1) is 28.4. The zero-order valence-electron chi connectivity index (χ0n) is 33.4. The number of para-hydroxylation sites is 3. The maximum Gasteiger partial charge on any atom is 0.145 e. The Balaban J connectivity index is 1.16. The van der Waals surface area contributed by atoms with E-state index in [1.165, 1.54) is 10.8 Å². The number of furan rings is 1. The predicted octanol–water partition coefficient (Wildman–Crippen LogP) is 14.1. The van der Waals surface area contributed by atoms with Crippen LogP contribution in [0.25, 0.3) is 82.1 Å². The maximum absolute atomic E-state index is 8.65. The molecule has 0 N–H and O–H groups in total. The van der Waals surface area contributed by atoms with Crippen molar-refractivity contribution in [2.45, 2.75) is 0 Å². The average molecular weight is 682 g/mol. The van der Waals surface area contributed by atoms with Gasteiger partial charge in [0.1, 0.15) is 11.2 Å². The first-order valence-corrected chi connectivity index (χ1v) is 17.7. The molecule has 53 heavy (non-hydrogen) atoms. The van der Waals surface area contributed by atoms with Crippen molar-refractivity contribution < 1.29 is 11.3 Å². The molecule has 0 fully saturated rings. The maximum atomic E-state index is 8.65. The first-order valence-electron chi connectivity index (χ1n) is 20.2. The van der Waals surface area contributed by atoms with Crippen molar-refractivity contribution in [2.24, 2.45) is 0 Å². The van der Waals surface area contributed by atoms with Gasteiger partial charge in [-0.2, -0.15) is 0 Å². The van der Waals surface area contributed by atoms with Gasteiger partial charge >= 0.3 is 0 Å². The second kappa shape index (κ2) is 11.7. The summed E-state index contributed by atoms with van der Waals surface area (Å²) in [5, 5.41) is 8.59. The number of rotatable bonds is 5. The number of nitrogens with zero attached hydrogens (tertiary/aromatic N) is 2. The number of hydrogen-bond donors (Lipinski definition) is 0. The van der Waals surface area contributed by atoms with E-state index in [2.05, 4.69) is 119 Å². The Hall–Kier alpha value is -7.10. The van der Waals surface area contributed by atoms with Crippen LogP contribution in [0, 0.1) is 0 Å². The summed E-state index contributed by atoms with van der Waals surface area (Å²) in [6, 6.07) is 54.7. The molecule has 0 saturated carbocycles. The molecule has 2 aromatic heterocycles. The van der Waals surface area contributed by atoms with E-state index in [9.17, 15) is 0 Å². The van der Waals surface area contributed by atoms with E-state index in [-0.39, 0.29) is 29.7 Å². The first kappa shape index (κ1) is 25.0. The number of benzene rings is 9. The van der Waals surface area contributed by atoms with Gasteiger partial charge in [0.2, 0.25) is 0 Å². The van der Waals surface area contributed by atoms with E-state index in [1.54, 1.807) is 0 Å². The fourth-order valence-electron chi connectivity index (χ4n) is 8.01. The summed E-state index contributed by atoms with van der Waals surface area (Å²) in [5.74, 6) is 0. The molecule has 0 radical (unpaired) electrons. The molecule has 11 rings (SSSR count). The van der Waals surface area contributed by atoms with Crippen LogP contribution < -0.4 is 4.90 Å². The van der Waals surface area contributed by atoms with Gasteiger partial charge < -0.3 is 13.9 Å². The number of hydrogen-bond acceptors (Lipinski definition) is 2. The Morgan fingerprint density at radius 3 is 1.89 bits per heavy atom. The molecule has 0 saturated heterocycles. The fourth-order valence-corrected chi connectivity index (χ4v) is 8.01. The molecule has 0 amide bonds. The fraction of sp³-hybridized carbons (Fsp3) is 0. The third-order valence-corrected chi connectivity index (χ3v) is 10.4. The lowest BCUT2D eigenvalue weighted by Crippen LogP contribution is -2.10. The molecular weight excluding hydrogens is 645 g/mol. The number of anilines is 3. The van der Waals surface area contributed by atoms with E-state index in [4.69, 9.17) is 11.3 Å². The summed E-state index contributed by atoms with van der Waals surface area (Å²) in [4.78, 5) is 2.23. The van der Waals surface area contributed by atoms with Gasteiger partial charge in [0, 0.05) is 38.6 Å². The molecular formula is C50H32N2O. The summed E-state index contributed by atoms with van der Waals surface area (Å²) in [7, 11) is 0. The second-order valence-electron chi connectivity index (χ2n) is 13.4. The van der Waals surface area contributed by atoms with Gasteiger partial charge in [0.25, 0.3) is 0 Å². The number of fused-ring (bicyclic) bond motifs is 9. The van der Waals surface area contributed by atoms with Crippen LogP contribution in [0.5, 0.6) is 0 Å². The largest absolute Gasteiger partial charge is 0.455 e. The SMILES string of the molecule is [2H]c1c([2H])c([2H])c(-c2ccc(N(c3ccc4ccc(-n5c6ccccc6c6ccccc65)cc4c3)c3cc4ccccc4c4oc5ccccc5c34)cc2)c([2H])c1[2H]. The van der Waals surface area contributed by atoms with E-state index in [1.807, 2.05) is 54.6 Å². The molecule has 3 heteroatoms. The third kappa shape index (κ3) is 4.68. The summed E-state index contributed by atoms with van der Waals surface area (Å²) >= 11 is 0. The van der Waals surface area contributed by atoms with Crippen LogP contribution in [-0.2, 0) is 0 Å². The molecule has 0 aliphatic rings. The van der Waals surface area contributed by atoms with Crippen LogP contribution in [-0.4, -0.2) is 4.57 Å². The van der Waals surface area contributed by atoms with Gasteiger partial charge in [-0.25, -0.2) is 0 Å². The minimum atomic E-state index is -0.410. The third-order valence-electron chi connectivity index (χ3n) is 10.4. The summed E-state index contributed by atoms with van der Waals surface area (Å²) in [6.45, 7) is 0. The van der Waals surface area contributed by atoms with Crippen molar-refractivity contribution in [1.29, 1.82) is 0 Å². The molecule has 3 nitrogen and oxygen atoms in total. The average Bonchev–Trinajstić information content (AvgIpc) is 3.82. The van der Waals surface area contributed by atoms with Crippen molar-refractivity contribution in [3.8, 4) is 16.8 Å². The molecule has 0 aliphatic heterocycles. The molecule has 9 aromatic carbocycles. The van der Waals surface area contributed by atoms with Crippen LogP contribution in [0.15, 0.2) is 198 Å². The molecule has 0 atom stereocenters. The zero-order valence-corrected chi connectivity index (χ0v) is 28.4. The Morgan fingerprint density at radius 1 is 0.472 bits per heavy atom. The minimum Gasteiger partial charge on any atom is -0.455 e. The molecule has 11 aromatic rings. The highest BCUT2D eigenvalue weighted by atomic mass is 16.3. The Bertz CT molecular complexity index is 3400. The lowest BCUT2D eigenvalue weighted by Gasteiger charge is -2.27. The number of aromatic nitrogens is 1. The van der Waals surface area contributed by atoms with Crippen LogP contribution in [0.2, 0.25) is 0 Å². The minimum absolute atomic E-state index is 0.168. The lowest BCUT2D eigenvalue weighted by molar-refractivity contribution is 0.672. The molecule has 0 aliphatic carbocycles. The Labute approximate surface area is 313 Å². The van der Waals surface area contributed by atoms with Crippen LogP contribution in [0.4, 0.5) is 17.1 Å². The molecule has 0 unspecified atom stereocenters. The molecule has 0 spiro atoms. The van der Waals surface area contributed by atoms with Crippen molar-refractivity contribution >= 4 is 82.4 Å². The van der Waals surface area contributed by atoms with Gasteiger partial charge in [-0.15, -0.1) is 0 Å². The zero-order chi connectivity index (χ0) is 39.2. The van der Waals surface area contributed by atoms with Crippen molar-refractivity contribution in [2.75, 3.05) is 4.90 Å². The Morgan fingerprint density at radius 2 is 1.11 bits per heavy atom. The normalized spacial score (nSPS) is 13.1. The summed E-state index contributed by atoms with van der Waals surface area (Å²) in [6.07, 6.45) is 0. The van der Waals surface area contributed by atoms with Crippen LogP contribution >= 0.6 is 0 Å². The monoisotopic (exact) mass is 681 g/mol. The van der Waals surface area contributed by atoms with E-state index >= 15 is 0 Å². The van der Waals surface area contributed by atoms with Gasteiger partial charge in [-0.05, 0) is 87.9 Å². The van der Waals surface area contributed by atoms with Gasteiger partial charge in [0.05, 0.1) is 29.0 Å². The molecule has 0 bridgehead atoms. The quantitative estimate of drug-likeness (QED) is 0.180. The highest BCUT2D eigenvalue weighted by Crippen LogP contribution is 2.46. The predicted molar refractivity (Wildman–Crippen MR) is 223 cm³/mol. The summed E-state index contributed by atoms with van der Waals surface area (Å²) in [5.41, 5.74) is 8.31. The van der Waals surface area contributed by atoms with Crippen LogP contribution in [0.3, 0.4) is 0 Å². The van der Waals surface area contributed by atoms with Crippen molar-refractivity contribution in [1.82, 2.24) is 4.57 Å². The molecule has 2 heterocycles. The highest BCUT2D eigenvalue weighted by molar-refractivity contribution is 6.22. The van der Waals surface area contributed by atoms with E-state index in [0.29, 0.717) is 5.56 Å². The van der Waals surface area contributed by atoms with Crippen molar-refractivity contribution in [3.63, 3.8) is 0 Å². The van der Waals surface area contributed by atoms with Gasteiger partial charge in [0.15, 0.2) is 0 Å². The van der Waals surface area contributed by atoms with E-state index < -0.39 is 6.04 Å². The molecule has 248 valence electrons. The lowest BCUT2D eigenvalue weighted by atomic mass is 10.0. The second-order valence-corrected chi connectivity index (χ2v) is 13.4. The topological polar surface area (TPSA) is 21.3 Å². The van der Waals surface area contributed by atoms with E-state index in [0.717, 1.165) is 77.3 Å². The van der Waals surface area contributed by atoms with Gasteiger partial charge in [-0.3, -0.25) is 0 Å². The van der Waals surface area contributed by atoms with Crippen LogP contribution in [0.1, 0.15) is 6.85 Å². The smallest absolute Gasteiger partial charge is 0.145 e.